The molecule has 0 radical (unpaired) electrons. The van der Waals surface area contributed by atoms with Gasteiger partial charge in [-0.25, -0.2) is 0 Å². The maximum Gasteiger partial charge on any atom is 0.231 e. The summed E-state index contributed by atoms with van der Waals surface area (Å²) in [4.78, 5) is 2.10. The van der Waals surface area contributed by atoms with Crippen LogP contribution in [0.5, 0.6) is 17.2 Å². The Balaban J connectivity index is 1.92. The molecule has 0 fully saturated rings. The normalized spacial score (nSPS) is 13.4. The van der Waals surface area contributed by atoms with Gasteiger partial charge in [0.05, 0.1) is 0 Å². The SMILES string of the molecule is CN(C)CCNCc1cc2c(cc1O)OCO2. The van der Waals surface area contributed by atoms with Crippen molar-refractivity contribution in [2.45, 2.75) is 6.54 Å². The van der Waals surface area contributed by atoms with E-state index < -0.39 is 0 Å². The number of likely N-dealkylation sites (N-methyl/N-ethyl adjacent to an activating group) is 1. The molecule has 94 valence electrons. The van der Waals surface area contributed by atoms with Gasteiger partial charge in [-0.1, -0.05) is 0 Å². The van der Waals surface area contributed by atoms with Crippen LogP contribution in [-0.4, -0.2) is 44.0 Å². The first-order chi connectivity index (χ1) is 8.16. The van der Waals surface area contributed by atoms with Crippen LogP contribution in [0.3, 0.4) is 0 Å². The molecule has 1 aromatic rings. The van der Waals surface area contributed by atoms with Crippen LogP contribution >= 0.6 is 0 Å². The van der Waals surface area contributed by atoms with E-state index in [1.54, 1.807) is 6.07 Å². The van der Waals surface area contributed by atoms with Crippen molar-refractivity contribution >= 4 is 0 Å². The summed E-state index contributed by atoms with van der Waals surface area (Å²) in [6.07, 6.45) is 0. The molecule has 17 heavy (non-hydrogen) atoms. The number of fused-ring (bicyclic) bond motifs is 1. The second-order valence-corrected chi connectivity index (χ2v) is 4.31. The van der Waals surface area contributed by atoms with Gasteiger partial charge >= 0.3 is 0 Å². The van der Waals surface area contributed by atoms with Crippen molar-refractivity contribution in [3.05, 3.63) is 17.7 Å². The molecule has 1 aliphatic heterocycles. The molecule has 0 atom stereocenters. The smallest absolute Gasteiger partial charge is 0.231 e. The second kappa shape index (κ2) is 5.25. The zero-order valence-electron chi connectivity index (χ0n) is 10.2. The Bertz CT molecular complexity index is 394. The number of hydrogen-bond donors (Lipinski definition) is 2. The third-order valence-electron chi connectivity index (χ3n) is 2.63. The van der Waals surface area contributed by atoms with E-state index >= 15 is 0 Å². The van der Waals surface area contributed by atoms with Crippen molar-refractivity contribution in [3.63, 3.8) is 0 Å². The number of benzene rings is 1. The molecular weight excluding hydrogens is 220 g/mol. The Morgan fingerprint density at radius 2 is 2.00 bits per heavy atom. The molecule has 0 aliphatic carbocycles. The van der Waals surface area contributed by atoms with Crippen LogP contribution in [0.4, 0.5) is 0 Å². The van der Waals surface area contributed by atoms with Gasteiger partial charge in [-0.3, -0.25) is 0 Å². The van der Waals surface area contributed by atoms with Gasteiger partial charge in [-0.2, -0.15) is 0 Å². The number of nitrogens with zero attached hydrogens (tertiary/aromatic N) is 1. The first-order valence-corrected chi connectivity index (χ1v) is 5.64. The first kappa shape index (κ1) is 12.0. The minimum atomic E-state index is 0.228. The molecule has 1 heterocycles. The van der Waals surface area contributed by atoms with E-state index in [1.807, 2.05) is 20.2 Å². The topological polar surface area (TPSA) is 54.0 Å². The molecule has 5 heteroatoms. The molecule has 0 amide bonds. The molecule has 0 spiro atoms. The van der Waals surface area contributed by atoms with E-state index in [0.717, 1.165) is 18.7 Å². The van der Waals surface area contributed by atoms with E-state index in [2.05, 4.69) is 10.2 Å². The molecule has 2 rings (SSSR count). The van der Waals surface area contributed by atoms with Crippen LogP contribution in [0, 0.1) is 0 Å². The molecule has 0 bridgehead atoms. The van der Waals surface area contributed by atoms with Gasteiger partial charge in [-0.05, 0) is 20.2 Å². The van der Waals surface area contributed by atoms with Crippen molar-refractivity contribution < 1.29 is 14.6 Å². The third-order valence-corrected chi connectivity index (χ3v) is 2.63. The largest absolute Gasteiger partial charge is 0.507 e. The minimum Gasteiger partial charge on any atom is -0.507 e. The number of rotatable bonds is 5. The van der Waals surface area contributed by atoms with E-state index in [4.69, 9.17) is 9.47 Å². The first-order valence-electron chi connectivity index (χ1n) is 5.64. The number of hydrogen-bond acceptors (Lipinski definition) is 5. The van der Waals surface area contributed by atoms with Gasteiger partial charge in [-0.15, -0.1) is 0 Å². The maximum atomic E-state index is 9.80. The van der Waals surface area contributed by atoms with Crippen molar-refractivity contribution in [2.75, 3.05) is 34.0 Å². The lowest BCUT2D eigenvalue weighted by Crippen LogP contribution is -2.26. The number of aromatic hydroxyl groups is 1. The summed E-state index contributed by atoms with van der Waals surface area (Å²) >= 11 is 0. The van der Waals surface area contributed by atoms with Crippen LogP contribution in [0.15, 0.2) is 12.1 Å². The Morgan fingerprint density at radius 3 is 2.71 bits per heavy atom. The fourth-order valence-corrected chi connectivity index (χ4v) is 1.64. The average Bonchev–Trinajstić information content (AvgIpc) is 2.71. The maximum absolute atomic E-state index is 9.80. The lowest BCUT2D eigenvalue weighted by atomic mass is 10.1. The number of ether oxygens (including phenoxy) is 2. The molecule has 0 saturated heterocycles. The number of nitrogens with one attached hydrogen (secondary N) is 1. The van der Waals surface area contributed by atoms with Crippen molar-refractivity contribution in [1.82, 2.24) is 10.2 Å². The van der Waals surface area contributed by atoms with Gasteiger partial charge in [0.25, 0.3) is 0 Å². The summed E-state index contributed by atoms with van der Waals surface area (Å²) in [5, 5.41) is 13.1. The summed E-state index contributed by atoms with van der Waals surface area (Å²) in [7, 11) is 4.06. The molecule has 2 N–H and O–H groups in total. The monoisotopic (exact) mass is 238 g/mol. The lowest BCUT2D eigenvalue weighted by Gasteiger charge is -2.11. The van der Waals surface area contributed by atoms with Crippen LogP contribution < -0.4 is 14.8 Å². The zero-order valence-corrected chi connectivity index (χ0v) is 10.2. The van der Waals surface area contributed by atoms with Crippen LogP contribution in [0.25, 0.3) is 0 Å². The fourth-order valence-electron chi connectivity index (χ4n) is 1.64. The highest BCUT2D eigenvalue weighted by atomic mass is 16.7. The van der Waals surface area contributed by atoms with Gasteiger partial charge in [0.15, 0.2) is 11.5 Å². The lowest BCUT2D eigenvalue weighted by molar-refractivity contribution is 0.174. The highest BCUT2D eigenvalue weighted by Crippen LogP contribution is 2.37. The summed E-state index contributed by atoms with van der Waals surface area (Å²) < 4.78 is 10.5. The summed E-state index contributed by atoms with van der Waals surface area (Å²) in [5.74, 6) is 1.55. The average molecular weight is 238 g/mol. The van der Waals surface area contributed by atoms with Gasteiger partial charge < -0.3 is 24.8 Å². The quantitative estimate of drug-likeness (QED) is 0.742. The van der Waals surface area contributed by atoms with Crippen LogP contribution in [0.1, 0.15) is 5.56 Å². The molecule has 5 nitrogen and oxygen atoms in total. The van der Waals surface area contributed by atoms with Crippen LogP contribution in [-0.2, 0) is 6.54 Å². The Kier molecular flexibility index (Phi) is 3.71. The molecule has 1 aromatic carbocycles. The Labute approximate surface area is 101 Å². The molecule has 0 saturated carbocycles. The predicted molar refractivity (Wildman–Crippen MR) is 64.5 cm³/mol. The second-order valence-electron chi connectivity index (χ2n) is 4.31. The minimum absolute atomic E-state index is 0.228. The summed E-state index contributed by atoms with van der Waals surface area (Å²) in [6, 6.07) is 3.42. The molecule has 0 unspecified atom stereocenters. The fraction of sp³-hybridized carbons (Fsp3) is 0.500. The standard InChI is InChI=1S/C12H18N2O3/c1-14(2)4-3-13-7-9-5-11-12(6-10(9)15)17-8-16-11/h5-6,13,15H,3-4,7-8H2,1-2H3. The van der Waals surface area contributed by atoms with Gasteiger partial charge in [0.1, 0.15) is 5.75 Å². The van der Waals surface area contributed by atoms with Gasteiger partial charge in [0, 0.05) is 31.3 Å². The summed E-state index contributed by atoms with van der Waals surface area (Å²) in [5.41, 5.74) is 0.827. The van der Waals surface area contributed by atoms with E-state index in [0.29, 0.717) is 18.0 Å². The highest BCUT2D eigenvalue weighted by molar-refractivity contribution is 5.51. The van der Waals surface area contributed by atoms with Gasteiger partial charge in [0.2, 0.25) is 6.79 Å². The van der Waals surface area contributed by atoms with Crippen molar-refractivity contribution in [2.24, 2.45) is 0 Å². The number of phenols is 1. The summed E-state index contributed by atoms with van der Waals surface area (Å²) in [6.45, 7) is 2.69. The molecular formula is C12H18N2O3. The molecule has 1 aliphatic rings. The van der Waals surface area contributed by atoms with E-state index in [-0.39, 0.29) is 12.5 Å². The van der Waals surface area contributed by atoms with Crippen molar-refractivity contribution in [3.8, 4) is 17.2 Å². The Morgan fingerprint density at radius 1 is 1.29 bits per heavy atom. The van der Waals surface area contributed by atoms with E-state index in [1.165, 1.54) is 0 Å². The van der Waals surface area contributed by atoms with E-state index in [9.17, 15) is 5.11 Å². The predicted octanol–water partition coefficient (Wildman–Crippen LogP) is 0.772. The molecule has 0 aromatic heterocycles. The number of phenolic OH excluding ortho intramolecular Hbond substituents is 1. The van der Waals surface area contributed by atoms with Crippen molar-refractivity contribution in [1.29, 1.82) is 0 Å². The third kappa shape index (κ3) is 3.01. The highest BCUT2D eigenvalue weighted by Gasteiger charge is 2.16. The zero-order chi connectivity index (χ0) is 12.3. The van der Waals surface area contributed by atoms with Crippen LogP contribution in [0.2, 0.25) is 0 Å². The Hall–Kier alpha value is -1.46.